The molecule has 1 saturated heterocycles. The molecule has 0 amide bonds. The van der Waals surface area contributed by atoms with Crippen LogP contribution in [0.3, 0.4) is 0 Å². The maximum atomic E-state index is 3.78. The first-order valence-electron chi connectivity index (χ1n) is 8.12. The molecule has 1 heterocycles. The third-order valence-electron chi connectivity index (χ3n) is 5.09. The van der Waals surface area contributed by atoms with E-state index < -0.39 is 0 Å². The fourth-order valence-electron chi connectivity index (χ4n) is 3.57. The van der Waals surface area contributed by atoms with E-state index in [-0.39, 0.29) is 0 Å². The van der Waals surface area contributed by atoms with E-state index in [1.807, 2.05) is 0 Å². The molecule has 2 aliphatic rings. The van der Waals surface area contributed by atoms with Crippen molar-refractivity contribution in [2.75, 3.05) is 19.6 Å². The number of hydrogen-bond donors (Lipinski definition) is 1. The zero-order chi connectivity index (χ0) is 13.0. The van der Waals surface area contributed by atoms with Crippen LogP contribution in [-0.4, -0.2) is 36.6 Å². The zero-order valence-corrected chi connectivity index (χ0v) is 12.6. The second-order valence-corrected chi connectivity index (χ2v) is 6.94. The van der Waals surface area contributed by atoms with Crippen molar-refractivity contribution < 1.29 is 0 Å². The van der Waals surface area contributed by atoms with Gasteiger partial charge in [-0.1, -0.05) is 13.8 Å². The molecule has 1 N–H and O–H groups in total. The molecule has 106 valence electrons. The third kappa shape index (κ3) is 4.24. The van der Waals surface area contributed by atoms with Gasteiger partial charge in [0.05, 0.1) is 0 Å². The van der Waals surface area contributed by atoms with Crippen LogP contribution in [0.15, 0.2) is 0 Å². The SMILES string of the molecule is CC1CCC(NCCN2CC(C)CCC2C)CC1. The summed E-state index contributed by atoms with van der Waals surface area (Å²) in [7, 11) is 0. The van der Waals surface area contributed by atoms with Crippen molar-refractivity contribution in [3.63, 3.8) is 0 Å². The predicted octanol–water partition coefficient (Wildman–Crippen LogP) is 3.28. The molecule has 2 heteroatoms. The molecular formula is C16H32N2. The maximum absolute atomic E-state index is 3.78. The van der Waals surface area contributed by atoms with Crippen molar-refractivity contribution >= 4 is 0 Å². The van der Waals surface area contributed by atoms with Crippen LogP contribution in [0.4, 0.5) is 0 Å². The van der Waals surface area contributed by atoms with E-state index in [9.17, 15) is 0 Å². The Morgan fingerprint density at radius 2 is 1.56 bits per heavy atom. The van der Waals surface area contributed by atoms with Crippen LogP contribution in [0.5, 0.6) is 0 Å². The van der Waals surface area contributed by atoms with Crippen molar-refractivity contribution in [1.29, 1.82) is 0 Å². The summed E-state index contributed by atoms with van der Waals surface area (Å²) in [6, 6.07) is 1.60. The quantitative estimate of drug-likeness (QED) is 0.826. The predicted molar refractivity (Wildman–Crippen MR) is 78.9 cm³/mol. The molecule has 1 saturated carbocycles. The van der Waals surface area contributed by atoms with Crippen LogP contribution < -0.4 is 5.32 Å². The first kappa shape index (κ1) is 14.3. The largest absolute Gasteiger partial charge is 0.313 e. The van der Waals surface area contributed by atoms with E-state index in [4.69, 9.17) is 0 Å². The molecule has 0 aromatic carbocycles. The highest BCUT2D eigenvalue weighted by molar-refractivity contribution is 4.79. The molecule has 1 aliphatic carbocycles. The summed E-state index contributed by atoms with van der Waals surface area (Å²) in [5.41, 5.74) is 0. The van der Waals surface area contributed by atoms with E-state index in [2.05, 4.69) is 31.0 Å². The molecule has 0 radical (unpaired) electrons. The zero-order valence-electron chi connectivity index (χ0n) is 12.6. The van der Waals surface area contributed by atoms with Gasteiger partial charge in [0.1, 0.15) is 0 Å². The Balaban J connectivity index is 1.62. The molecule has 0 spiro atoms. The number of nitrogens with one attached hydrogen (secondary N) is 1. The lowest BCUT2D eigenvalue weighted by molar-refractivity contribution is 0.123. The third-order valence-corrected chi connectivity index (χ3v) is 5.09. The molecule has 2 nitrogen and oxygen atoms in total. The Labute approximate surface area is 114 Å². The van der Waals surface area contributed by atoms with Crippen LogP contribution in [-0.2, 0) is 0 Å². The van der Waals surface area contributed by atoms with Crippen molar-refractivity contribution in [3.8, 4) is 0 Å². The second kappa shape index (κ2) is 6.91. The van der Waals surface area contributed by atoms with Gasteiger partial charge in [-0.25, -0.2) is 0 Å². The lowest BCUT2D eigenvalue weighted by atomic mass is 9.87. The van der Waals surface area contributed by atoms with Crippen LogP contribution in [0.1, 0.15) is 59.3 Å². The molecule has 2 unspecified atom stereocenters. The average molecular weight is 252 g/mol. The van der Waals surface area contributed by atoms with Gasteiger partial charge in [-0.15, -0.1) is 0 Å². The highest BCUT2D eigenvalue weighted by Gasteiger charge is 2.23. The summed E-state index contributed by atoms with van der Waals surface area (Å²) in [6.07, 6.45) is 8.46. The summed E-state index contributed by atoms with van der Waals surface area (Å²) in [5, 5.41) is 3.78. The maximum Gasteiger partial charge on any atom is 0.0110 e. The smallest absolute Gasteiger partial charge is 0.0110 e. The van der Waals surface area contributed by atoms with Crippen molar-refractivity contribution in [1.82, 2.24) is 10.2 Å². The fraction of sp³-hybridized carbons (Fsp3) is 1.00. The Hall–Kier alpha value is -0.0800. The van der Waals surface area contributed by atoms with Crippen LogP contribution >= 0.6 is 0 Å². The summed E-state index contributed by atoms with van der Waals surface area (Å²) in [6.45, 7) is 10.9. The van der Waals surface area contributed by atoms with Gasteiger partial charge in [-0.3, -0.25) is 4.90 Å². The van der Waals surface area contributed by atoms with Gasteiger partial charge in [-0.05, 0) is 57.3 Å². The Kier molecular flexibility index (Phi) is 5.50. The molecular weight excluding hydrogens is 220 g/mol. The lowest BCUT2D eigenvalue weighted by Gasteiger charge is -2.37. The van der Waals surface area contributed by atoms with Gasteiger partial charge in [0, 0.05) is 31.7 Å². The van der Waals surface area contributed by atoms with Gasteiger partial charge < -0.3 is 5.32 Å². The normalized spacial score (nSPS) is 38.8. The van der Waals surface area contributed by atoms with Gasteiger partial charge in [-0.2, -0.15) is 0 Å². The van der Waals surface area contributed by atoms with E-state index in [0.29, 0.717) is 0 Å². The number of nitrogens with zero attached hydrogens (tertiary/aromatic N) is 1. The molecule has 2 atom stereocenters. The summed E-state index contributed by atoms with van der Waals surface area (Å²) in [5.74, 6) is 1.86. The van der Waals surface area contributed by atoms with Crippen LogP contribution in [0, 0.1) is 11.8 Å². The van der Waals surface area contributed by atoms with Crippen LogP contribution in [0.25, 0.3) is 0 Å². The molecule has 0 aromatic heterocycles. The summed E-state index contributed by atoms with van der Waals surface area (Å²) >= 11 is 0. The molecule has 1 aliphatic heterocycles. The Morgan fingerprint density at radius 1 is 0.889 bits per heavy atom. The summed E-state index contributed by atoms with van der Waals surface area (Å²) < 4.78 is 0. The van der Waals surface area contributed by atoms with E-state index in [1.54, 1.807) is 0 Å². The van der Waals surface area contributed by atoms with Gasteiger partial charge in [0.15, 0.2) is 0 Å². The fourth-order valence-corrected chi connectivity index (χ4v) is 3.57. The second-order valence-electron chi connectivity index (χ2n) is 6.94. The molecule has 18 heavy (non-hydrogen) atoms. The Morgan fingerprint density at radius 3 is 2.28 bits per heavy atom. The van der Waals surface area contributed by atoms with Crippen molar-refractivity contribution in [2.24, 2.45) is 11.8 Å². The van der Waals surface area contributed by atoms with Crippen LogP contribution in [0.2, 0.25) is 0 Å². The minimum Gasteiger partial charge on any atom is -0.313 e. The minimum atomic E-state index is 0.800. The molecule has 0 aromatic rings. The number of rotatable bonds is 4. The summed E-state index contributed by atoms with van der Waals surface area (Å²) in [4.78, 5) is 2.69. The Bertz CT molecular complexity index is 233. The minimum absolute atomic E-state index is 0.800. The van der Waals surface area contributed by atoms with E-state index in [0.717, 1.165) is 23.9 Å². The van der Waals surface area contributed by atoms with E-state index in [1.165, 1.54) is 58.2 Å². The number of hydrogen-bond acceptors (Lipinski definition) is 2. The number of likely N-dealkylation sites (tertiary alicyclic amines) is 1. The molecule has 2 rings (SSSR count). The first-order valence-corrected chi connectivity index (χ1v) is 8.12. The standard InChI is InChI=1S/C16H32N2/c1-13-5-8-16(9-6-13)17-10-11-18-12-14(2)4-7-15(18)3/h13-17H,4-12H2,1-3H3. The average Bonchev–Trinajstić information content (AvgIpc) is 2.36. The van der Waals surface area contributed by atoms with Crippen molar-refractivity contribution in [2.45, 2.75) is 71.4 Å². The van der Waals surface area contributed by atoms with Gasteiger partial charge in [0.25, 0.3) is 0 Å². The molecule has 2 fully saturated rings. The highest BCUT2D eigenvalue weighted by atomic mass is 15.2. The van der Waals surface area contributed by atoms with Crippen molar-refractivity contribution in [3.05, 3.63) is 0 Å². The monoisotopic (exact) mass is 252 g/mol. The van der Waals surface area contributed by atoms with E-state index >= 15 is 0 Å². The van der Waals surface area contributed by atoms with Gasteiger partial charge in [0.2, 0.25) is 0 Å². The lowest BCUT2D eigenvalue weighted by Crippen LogP contribution is -2.45. The first-order chi connectivity index (χ1) is 8.65. The highest BCUT2D eigenvalue weighted by Crippen LogP contribution is 2.23. The van der Waals surface area contributed by atoms with Gasteiger partial charge >= 0.3 is 0 Å². The topological polar surface area (TPSA) is 15.3 Å². The number of piperidine rings is 1. The molecule has 0 bridgehead atoms.